The van der Waals surface area contributed by atoms with Crippen LogP contribution in [0.5, 0.6) is 0 Å². The van der Waals surface area contributed by atoms with E-state index in [0.717, 1.165) is 24.9 Å². The molecule has 1 amide bonds. The first-order chi connectivity index (χ1) is 15.3. The lowest BCUT2D eigenvalue weighted by atomic mass is 10.1. The van der Waals surface area contributed by atoms with E-state index in [1.54, 1.807) is 29.6 Å². The largest absolute Gasteiger partial charge is 0.368 e. The van der Waals surface area contributed by atoms with Crippen LogP contribution >= 0.6 is 0 Å². The standard InChI is InChI=1S/C23H30N4O4S/c1-18(28)19-6-8-20(9-7-19)25-12-14-26(15-13-25)23(29)22-16-21(17-24(22)2)32(30,31)27-10-4-3-5-11-27/h6-9,16-17H,3-5,10-15H2,1-2H3. The number of anilines is 1. The van der Waals surface area contributed by atoms with E-state index in [2.05, 4.69) is 4.90 Å². The molecule has 2 aliphatic rings. The maximum Gasteiger partial charge on any atom is 0.270 e. The second kappa shape index (κ2) is 9.07. The minimum absolute atomic E-state index is 0.0382. The topological polar surface area (TPSA) is 82.9 Å². The van der Waals surface area contributed by atoms with Crippen LogP contribution in [0.4, 0.5) is 5.69 Å². The highest BCUT2D eigenvalue weighted by Crippen LogP contribution is 2.24. The zero-order valence-corrected chi connectivity index (χ0v) is 19.5. The van der Waals surface area contributed by atoms with E-state index in [9.17, 15) is 18.0 Å². The molecule has 2 aliphatic heterocycles. The van der Waals surface area contributed by atoms with Gasteiger partial charge in [-0.05, 0) is 50.1 Å². The summed E-state index contributed by atoms with van der Waals surface area (Å²) in [6.45, 7) is 5.07. The Labute approximate surface area is 189 Å². The number of ketones is 1. The number of carbonyl (C=O) groups excluding carboxylic acids is 2. The fraction of sp³-hybridized carbons (Fsp3) is 0.478. The van der Waals surface area contributed by atoms with E-state index in [0.29, 0.717) is 50.5 Å². The Morgan fingerprint density at radius 1 is 0.875 bits per heavy atom. The predicted octanol–water partition coefficient (Wildman–Crippen LogP) is 2.36. The van der Waals surface area contributed by atoms with Gasteiger partial charge in [-0.25, -0.2) is 8.42 Å². The molecule has 172 valence electrons. The van der Waals surface area contributed by atoms with Gasteiger partial charge in [-0.2, -0.15) is 4.31 Å². The molecule has 4 rings (SSSR count). The molecule has 2 aromatic rings. The van der Waals surface area contributed by atoms with Gasteiger partial charge in [0.15, 0.2) is 5.78 Å². The second-order valence-corrected chi connectivity index (χ2v) is 10.5. The number of amides is 1. The van der Waals surface area contributed by atoms with Gasteiger partial charge in [0.2, 0.25) is 10.0 Å². The molecule has 8 nitrogen and oxygen atoms in total. The maximum absolute atomic E-state index is 13.1. The first-order valence-corrected chi connectivity index (χ1v) is 12.5. The van der Waals surface area contributed by atoms with Crippen LogP contribution in [0, 0.1) is 0 Å². The minimum atomic E-state index is -3.57. The van der Waals surface area contributed by atoms with Gasteiger partial charge in [0.25, 0.3) is 5.91 Å². The van der Waals surface area contributed by atoms with Crippen LogP contribution in [0.25, 0.3) is 0 Å². The number of rotatable bonds is 5. The number of sulfonamides is 1. The van der Waals surface area contributed by atoms with Gasteiger partial charge in [0, 0.05) is 63.8 Å². The lowest BCUT2D eigenvalue weighted by Gasteiger charge is -2.36. The number of piperazine rings is 1. The van der Waals surface area contributed by atoms with E-state index < -0.39 is 10.0 Å². The van der Waals surface area contributed by atoms with Crippen LogP contribution in [0.15, 0.2) is 41.4 Å². The normalized spacial score (nSPS) is 18.1. The summed E-state index contributed by atoms with van der Waals surface area (Å²) in [6.07, 6.45) is 4.35. The summed E-state index contributed by atoms with van der Waals surface area (Å²) in [5.41, 5.74) is 2.09. The average Bonchev–Trinajstić information content (AvgIpc) is 3.22. The first-order valence-electron chi connectivity index (χ1n) is 11.1. The lowest BCUT2D eigenvalue weighted by molar-refractivity contribution is 0.0737. The number of Topliss-reactive ketones (excluding diaryl/α,β-unsaturated/α-hetero) is 1. The molecule has 2 saturated heterocycles. The van der Waals surface area contributed by atoms with Crippen molar-refractivity contribution in [3.8, 4) is 0 Å². The summed E-state index contributed by atoms with van der Waals surface area (Å²) in [7, 11) is -1.86. The zero-order valence-electron chi connectivity index (χ0n) is 18.7. The van der Waals surface area contributed by atoms with Crippen LogP contribution < -0.4 is 4.90 Å². The van der Waals surface area contributed by atoms with Crippen molar-refractivity contribution in [3.05, 3.63) is 47.8 Å². The van der Waals surface area contributed by atoms with Crippen molar-refractivity contribution in [1.82, 2.24) is 13.8 Å². The zero-order chi connectivity index (χ0) is 22.9. The SMILES string of the molecule is CC(=O)c1ccc(N2CCN(C(=O)c3cc(S(=O)(=O)N4CCCCC4)cn3C)CC2)cc1. The number of hydrogen-bond donors (Lipinski definition) is 0. The van der Waals surface area contributed by atoms with Crippen molar-refractivity contribution in [1.29, 1.82) is 0 Å². The Morgan fingerprint density at radius 3 is 2.09 bits per heavy atom. The molecule has 0 bridgehead atoms. The molecule has 0 spiro atoms. The fourth-order valence-corrected chi connectivity index (χ4v) is 5.97. The predicted molar refractivity (Wildman–Crippen MR) is 123 cm³/mol. The molecule has 0 N–H and O–H groups in total. The van der Waals surface area contributed by atoms with E-state index in [1.807, 2.05) is 24.3 Å². The second-order valence-electron chi connectivity index (χ2n) is 8.52. The molecule has 3 heterocycles. The number of aryl methyl sites for hydroxylation is 1. The number of aromatic nitrogens is 1. The number of benzene rings is 1. The smallest absolute Gasteiger partial charge is 0.270 e. The molecular weight excluding hydrogens is 428 g/mol. The average molecular weight is 459 g/mol. The summed E-state index contributed by atoms with van der Waals surface area (Å²) in [6, 6.07) is 9.03. The molecule has 32 heavy (non-hydrogen) atoms. The van der Waals surface area contributed by atoms with Crippen LogP contribution in [0.1, 0.15) is 47.0 Å². The summed E-state index contributed by atoms with van der Waals surface area (Å²) in [5.74, 6) is -0.115. The summed E-state index contributed by atoms with van der Waals surface area (Å²) in [5, 5.41) is 0. The lowest BCUT2D eigenvalue weighted by Crippen LogP contribution is -2.49. The van der Waals surface area contributed by atoms with Gasteiger partial charge < -0.3 is 14.4 Å². The van der Waals surface area contributed by atoms with Crippen molar-refractivity contribution in [3.63, 3.8) is 0 Å². The molecule has 0 atom stereocenters. The third-order valence-electron chi connectivity index (χ3n) is 6.36. The maximum atomic E-state index is 13.1. The molecule has 2 fully saturated rings. The van der Waals surface area contributed by atoms with Gasteiger partial charge in [0.05, 0.1) is 0 Å². The Morgan fingerprint density at radius 2 is 1.50 bits per heavy atom. The van der Waals surface area contributed by atoms with Crippen LogP contribution in [-0.2, 0) is 17.1 Å². The van der Waals surface area contributed by atoms with E-state index in [-0.39, 0.29) is 16.6 Å². The van der Waals surface area contributed by atoms with Crippen molar-refractivity contribution < 1.29 is 18.0 Å². The van der Waals surface area contributed by atoms with E-state index in [1.165, 1.54) is 10.4 Å². The van der Waals surface area contributed by atoms with Gasteiger partial charge in [0.1, 0.15) is 10.6 Å². The Kier molecular flexibility index (Phi) is 6.39. The van der Waals surface area contributed by atoms with E-state index >= 15 is 0 Å². The highest BCUT2D eigenvalue weighted by Gasteiger charge is 2.30. The first kappa shape index (κ1) is 22.5. The van der Waals surface area contributed by atoms with Crippen LogP contribution in [-0.4, -0.2) is 73.1 Å². The van der Waals surface area contributed by atoms with Gasteiger partial charge in [-0.15, -0.1) is 0 Å². The molecule has 0 aliphatic carbocycles. The van der Waals surface area contributed by atoms with Gasteiger partial charge >= 0.3 is 0 Å². The van der Waals surface area contributed by atoms with Gasteiger partial charge in [-0.1, -0.05) is 6.42 Å². The van der Waals surface area contributed by atoms with Crippen LogP contribution in [0.2, 0.25) is 0 Å². The molecule has 0 unspecified atom stereocenters. The van der Waals surface area contributed by atoms with Crippen molar-refractivity contribution in [2.75, 3.05) is 44.2 Å². The fourth-order valence-electron chi connectivity index (χ4n) is 4.38. The molecular formula is C23H30N4O4S. The highest BCUT2D eigenvalue weighted by molar-refractivity contribution is 7.89. The number of piperidine rings is 1. The Balaban J connectivity index is 1.43. The highest BCUT2D eigenvalue weighted by atomic mass is 32.2. The summed E-state index contributed by atoms with van der Waals surface area (Å²) in [4.78, 5) is 28.8. The molecule has 0 saturated carbocycles. The van der Waals surface area contributed by atoms with Crippen molar-refractivity contribution in [2.24, 2.45) is 7.05 Å². The van der Waals surface area contributed by atoms with Crippen molar-refractivity contribution in [2.45, 2.75) is 31.1 Å². The van der Waals surface area contributed by atoms with Crippen molar-refractivity contribution >= 4 is 27.4 Å². The van der Waals surface area contributed by atoms with E-state index in [4.69, 9.17) is 0 Å². The number of nitrogens with zero attached hydrogens (tertiary/aromatic N) is 4. The third kappa shape index (κ3) is 4.45. The molecule has 1 aromatic carbocycles. The monoisotopic (exact) mass is 458 g/mol. The Bertz CT molecular complexity index is 1090. The number of hydrogen-bond acceptors (Lipinski definition) is 5. The summed E-state index contributed by atoms with van der Waals surface area (Å²) >= 11 is 0. The van der Waals surface area contributed by atoms with Gasteiger partial charge in [-0.3, -0.25) is 9.59 Å². The van der Waals surface area contributed by atoms with Crippen LogP contribution in [0.3, 0.4) is 0 Å². The Hall–Kier alpha value is -2.65. The quantitative estimate of drug-likeness (QED) is 0.643. The molecule has 9 heteroatoms. The minimum Gasteiger partial charge on any atom is -0.368 e. The molecule has 0 radical (unpaired) electrons. The third-order valence-corrected chi connectivity index (χ3v) is 8.22. The number of carbonyl (C=O) groups is 2. The summed E-state index contributed by atoms with van der Waals surface area (Å²) < 4.78 is 29.1. The molecule has 1 aromatic heterocycles.